The molecule has 0 bridgehead atoms. The lowest BCUT2D eigenvalue weighted by Crippen LogP contribution is -2.35. The zero-order valence-electron chi connectivity index (χ0n) is 20.8. The van der Waals surface area contributed by atoms with Gasteiger partial charge in [0.25, 0.3) is 0 Å². The van der Waals surface area contributed by atoms with Crippen molar-refractivity contribution in [3.05, 3.63) is 0 Å². The molecule has 0 aliphatic rings. The van der Waals surface area contributed by atoms with Crippen LogP contribution in [-0.4, -0.2) is 54.5 Å². The van der Waals surface area contributed by atoms with Crippen molar-refractivity contribution in [2.75, 3.05) is 33.8 Å². The maximum Gasteiger partial charge on any atom is 0.469 e. The highest BCUT2D eigenvalue weighted by Gasteiger charge is 2.19. The van der Waals surface area contributed by atoms with Gasteiger partial charge in [-0.3, -0.25) is 4.52 Å². The van der Waals surface area contributed by atoms with Gasteiger partial charge in [0, 0.05) is 6.04 Å². The van der Waals surface area contributed by atoms with Gasteiger partial charge in [-0.1, -0.05) is 103 Å². The van der Waals surface area contributed by atoms with Crippen molar-refractivity contribution < 1.29 is 18.9 Å². The molecule has 0 radical (unpaired) electrons. The molecule has 0 saturated carbocycles. The molecule has 0 aromatic heterocycles. The van der Waals surface area contributed by atoms with Crippen LogP contribution in [0.25, 0.3) is 0 Å². The zero-order chi connectivity index (χ0) is 23.2. The Kier molecular flexibility index (Phi) is 21.9. The second-order valence-corrected chi connectivity index (χ2v) is 10.5. The number of rotatable bonds is 24. The maximum absolute atomic E-state index is 10.8. The number of phosphoric ester groups is 1. The predicted molar refractivity (Wildman–Crippen MR) is 133 cm³/mol. The van der Waals surface area contributed by atoms with Gasteiger partial charge in [-0.05, 0) is 40.0 Å². The number of likely N-dealkylation sites (N-methyl/N-ethyl adjacent to an activating group) is 1. The average molecular weight is 465 g/mol. The fraction of sp³-hybridized carbons (Fsp3) is 1.00. The smallest absolute Gasteiger partial charge is 0.317 e. The van der Waals surface area contributed by atoms with Crippen molar-refractivity contribution in [1.29, 1.82) is 0 Å². The van der Waals surface area contributed by atoms with Gasteiger partial charge in [0.15, 0.2) is 0 Å². The second kappa shape index (κ2) is 21.9. The van der Waals surface area contributed by atoms with Gasteiger partial charge < -0.3 is 20.0 Å². The molecule has 1 unspecified atom stereocenters. The SMILES string of the molecule is CCCCCCCCCCCCCCCCCCNCCC(COP(=O)(O)O)N(C)C. The molecular formula is C24H53N2O4P. The van der Waals surface area contributed by atoms with E-state index in [1.807, 2.05) is 19.0 Å². The molecule has 0 saturated heterocycles. The Labute approximate surface area is 193 Å². The third-order valence-electron chi connectivity index (χ3n) is 6.03. The molecule has 0 amide bonds. The van der Waals surface area contributed by atoms with Crippen LogP contribution in [0.4, 0.5) is 0 Å². The Balaban J connectivity index is 3.31. The lowest BCUT2D eigenvalue weighted by atomic mass is 10.0. The lowest BCUT2D eigenvalue weighted by molar-refractivity contribution is 0.135. The van der Waals surface area contributed by atoms with Crippen molar-refractivity contribution in [2.45, 2.75) is 122 Å². The quantitative estimate of drug-likeness (QED) is 0.115. The highest BCUT2D eigenvalue weighted by molar-refractivity contribution is 7.46. The van der Waals surface area contributed by atoms with E-state index in [2.05, 4.69) is 16.8 Å². The third kappa shape index (κ3) is 24.5. The number of phosphoric acid groups is 1. The normalized spacial score (nSPS) is 13.2. The molecule has 0 aliphatic carbocycles. The number of unbranched alkanes of at least 4 members (excludes halogenated alkanes) is 15. The molecule has 0 spiro atoms. The summed E-state index contributed by atoms with van der Waals surface area (Å²) in [6, 6.07) is 0.00548. The molecule has 0 heterocycles. The fourth-order valence-electron chi connectivity index (χ4n) is 3.87. The minimum atomic E-state index is -4.39. The molecular weight excluding hydrogens is 411 g/mol. The largest absolute Gasteiger partial charge is 0.469 e. The molecule has 188 valence electrons. The van der Waals surface area contributed by atoms with E-state index in [1.54, 1.807) is 0 Å². The molecule has 7 heteroatoms. The van der Waals surface area contributed by atoms with E-state index in [0.717, 1.165) is 19.5 Å². The summed E-state index contributed by atoms with van der Waals surface area (Å²) in [5.41, 5.74) is 0. The first-order chi connectivity index (χ1) is 14.9. The van der Waals surface area contributed by atoms with Crippen molar-refractivity contribution >= 4 is 7.82 Å². The maximum atomic E-state index is 10.8. The number of hydrogen-bond acceptors (Lipinski definition) is 4. The minimum absolute atomic E-state index is 0.00548. The number of nitrogens with zero attached hydrogens (tertiary/aromatic N) is 1. The van der Waals surface area contributed by atoms with Gasteiger partial charge in [-0.2, -0.15) is 0 Å². The van der Waals surface area contributed by atoms with Crippen LogP contribution in [0, 0.1) is 0 Å². The average Bonchev–Trinajstić information content (AvgIpc) is 2.70. The van der Waals surface area contributed by atoms with Crippen LogP contribution in [0.1, 0.15) is 116 Å². The Morgan fingerprint density at radius 3 is 1.55 bits per heavy atom. The molecule has 0 aliphatic heterocycles. The Morgan fingerprint density at radius 2 is 1.16 bits per heavy atom. The standard InChI is InChI=1S/C24H53N2O4P/c1-4-5-6-7-8-9-10-11-12-13-14-15-16-17-18-19-21-25-22-20-24(26(2)3)23-30-31(27,28)29/h24-25H,4-23H2,1-3H3,(H2,27,28,29). The summed E-state index contributed by atoms with van der Waals surface area (Å²) in [6.07, 6.45) is 23.0. The summed E-state index contributed by atoms with van der Waals surface area (Å²) >= 11 is 0. The van der Waals surface area contributed by atoms with Crippen molar-refractivity contribution in [3.8, 4) is 0 Å². The van der Waals surface area contributed by atoms with Gasteiger partial charge in [-0.15, -0.1) is 0 Å². The van der Waals surface area contributed by atoms with E-state index < -0.39 is 7.82 Å². The van der Waals surface area contributed by atoms with Crippen LogP contribution < -0.4 is 5.32 Å². The molecule has 6 nitrogen and oxygen atoms in total. The van der Waals surface area contributed by atoms with Crippen LogP contribution in [0.3, 0.4) is 0 Å². The summed E-state index contributed by atoms with van der Waals surface area (Å²) in [4.78, 5) is 19.6. The van der Waals surface area contributed by atoms with Crippen LogP contribution in [0.15, 0.2) is 0 Å². The topological polar surface area (TPSA) is 82.0 Å². The summed E-state index contributed by atoms with van der Waals surface area (Å²) in [6.45, 7) is 4.18. The predicted octanol–water partition coefficient (Wildman–Crippen LogP) is 6.27. The van der Waals surface area contributed by atoms with E-state index in [4.69, 9.17) is 9.79 Å². The van der Waals surface area contributed by atoms with Crippen molar-refractivity contribution in [2.24, 2.45) is 0 Å². The Hall–Kier alpha value is 0.0300. The summed E-state index contributed by atoms with van der Waals surface area (Å²) in [5.74, 6) is 0. The minimum Gasteiger partial charge on any atom is -0.317 e. The van der Waals surface area contributed by atoms with E-state index in [1.165, 1.54) is 103 Å². The molecule has 0 fully saturated rings. The molecule has 0 aromatic rings. The van der Waals surface area contributed by atoms with Crippen molar-refractivity contribution in [3.63, 3.8) is 0 Å². The molecule has 1 atom stereocenters. The van der Waals surface area contributed by atoms with Gasteiger partial charge in [0.1, 0.15) is 0 Å². The van der Waals surface area contributed by atoms with E-state index >= 15 is 0 Å². The third-order valence-corrected chi connectivity index (χ3v) is 6.51. The highest BCUT2D eigenvalue weighted by Crippen LogP contribution is 2.36. The van der Waals surface area contributed by atoms with E-state index in [9.17, 15) is 4.57 Å². The first kappa shape index (κ1) is 31.0. The van der Waals surface area contributed by atoms with Crippen molar-refractivity contribution in [1.82, 2.24) is 10.2 Å². The van der Waals surface area contributed by atoms with E-state index in [0.29, 0.717) is 0 Å². The summed E-state index contributed by atoms with van der Waals surface area (Å²) in [7, 11) is -0.574. The van der Waals surface area contributed by atoms with Crippen LogP contribution in [-0.2, 0) is 9.09 Å². The van der Waals surface area contributed by atoms with Gasteiger partial charge in [0.2, 0.25) is 0 Å². The van der Waals surface area contributed by atoms with Crippen LogP contribution in [0.2, 0.25) is 0 Å². The first-order valence-corrected chi connectivity index (χ1v) is 14.5. The molecule has 0 rings (SSSR count). The summed E-state index contributed by atoms with van der Waals surface area (Å²) < 4.78 is 15.5. The second-order valence-electron chi connectivity index (χ2n) is 9.25. The van der Waals surface area contributed by atoms with Crippen LogP contribution >= 0.6 is 7.82 Å². The Morgan fingerprint density at radius 1 is 0.742 bits per heavy atom. The zero-order valence-corrected chi connectivity index (χ0v) is 21.7. The van der Waals surface area contributed by atoms with E-state index in [-0.39, 0.29) is 12.6 Å². The molecule has 0 aromatic carbocycles. The first-order valence-electron chi connectivity index (χ1n) is 12.9. The monoisotopic (exact) mass is 464 g/mol. The Bertz CT molecular complexity index is 418. The van der Waals surface area contributed by atoms with Gasteiger partial charge in [0.05, 0.1) is 6.61 Å². The molecule has 3 N–H and O–H groups in total. The number of nitrogens with one attached hydrogen (secondary N) is 1. The number of hydrogen-bond donors (Lipinski definition) is 3. The van der Waals surface area contributed by atoms with Crippen LogP contribution in [0.5, 0.6) is 0 Å². The lowest BCUT2D eigenvalue weighted by Gasteiger charge is -2.24. The summed E-state index contributed by atoms with van der Waals surface area (Å²) in [5, 5.41) is 3.44. The van der Waals surface area contributed by atoms with Gasteiger partial charge in [-0.25, -0.2) is 4.57 Å². The molecule has 31 heavy (non-hydrogen) atoms. The fourth-order valence-corrected chi connectivity index (χ4v) is 4.23. The highest BCUT2D eigenvalue weighted by atomic mass is 31.2. The van der Waals surface area contributed by atoms with Gasteiger partial charge >= 0.3 is 7.82 Å².